The van der Waals surface area contributed by atoms with Crippen LogP contribution in [0.2, 0.25) is 0 Å². The molecule has 0 saturated heterocycles. The van der Waals surface area contributed by atoms with Crippen LogP contribution in [0.15, 0.2) is 73.1 Å². The van der Waals surface area contributed by atoms with E-state index in [2.05, 4.69) is 39.6 Å². The monoisotopic (exact) mass is 445 g/mol. The van der Waals surface area contributed by atoms with Crippen molar-refractivity contribution in [1.82, 2.24) is 15.3 Å². The number of unbranched alkanes of at least 4 members (excludes halogenated alkanes) is 1. The fourth-order valence-corrected chi connectivity index (χ4v) is 4.48. The van der Waals surface area contributed by atoms with E-state index in [1.807, 2.05) is 36.5 Å². The summed E-state index contributed by atoms with van der Waals surface area (Å²) in [6, 6.07) is 16.4. The van der Waals surface area contributed by atoms with Crippen LogP contribution in [0.5, 0.6) is 11.5 Å². The first-order valence-electron chi connectivity index (χ1n) is 11.4. The van der Waals surface area contributed by atoms with Gasteiger partial charge in [0.25, 0.3) is 0 Å². The van der Waals surface area contributed by atoms with Crippen molar-refractivity contribution >= 4 is 5.91 Å². The quantitative estimate of drug-likeness (QED) is 0.338. The van der Waals surface area contributed by atoms with Crippen LogP contribution in [0.4, 0.5) is 0 Å². The highest BCUT2D eigenvalue weighted by atomic mass is 16.5. The second kappa shape index (κ2) is 10.4. The smallest absolute Gasteiger partial charge is 0.243 e. The molecule has 1 aliphatic carbocycles. The van der Waals surface area contributed by atoms with Crippen molar-refractivity contribution in [3.8, 4) is 11.5 Å². The highest BCUT2D eigenvalue weighted by molar-refractivity contribution is 5.87. The number of carbonyl (C=O) groups is 1. The number of nitrogens with zero attached hydrogens (tertiary/aromatic N) is 1. The zero-order valence-electron chi connectivity index (χ0n) is 19.2. The number of carbonyl (C=O) groups excluding carboxylic acids is 1. The lowest BCUT2D eigenvalue weighted by molar-refractivity contribution is -0.116. The van der Waals surface area contributed by atoms with E-state index in [4.69, 9.17) is 9.47 Å². The molecule has 4 rings (SSSR count). The predicted molar refractivity (Wildman–Crippen MR) is 129 cm³/mol. The number of rotatable bonds is 11. The Bertz CT molecular complexity index is 1040. The van der Waals surface area contributed by atoms with E-state index >= 15 is 0 Å². The Morgan fingerprint density at radius 2 is 1.82 bits per heavy atom. The topological polar surface area (TPSA) is 76.2 Å². The number of H-pyrrole nitrogens is 1. The maximum Gasteiger partial charge on any atom is 0.243 e. The predicted octanol–water partition coefficient (Wildman–Crippen LogP) is 4.43. The minimum absolute atomic E-state index is 0.0508. The normalized spacial score (nSPS) is 16.5. The largest absolute Gasteiger partial charge is 0.497 e. The van der Waals surface area contributed by atoms with Gasteiger partial charge in [-0.25, -0.2) is 4.98 Å². The summed E-state index contributed by atoms with van der Waals surface area (Å²) in [7, 11) is 3.36. The van der Waals surface area contributed by atoms with Gasteiger partial charge in [-0.2, -0.15) is 0 Å². The van der Waals surface area contributed by atoms with Crippen LogP contribution in [-0.2, 0) is 16.6 Å². The molecule has 6 nitrogen and oxygen atoms in total. The average molecular weight is 446 g/mol. The summed E-state index contributed by atoms with van der Waals surface area (Å²) in [5, 5.41) is 2.99. The minimum atomic E-state index is -0.192. The lowest BCUT2D eigenvalue weighted by Crippen LogP contribution is -2.22. The molecule has 0 aliphatic heterocycles. The highest BCUT2D eigenvalue weighted by Gasteiger charge is 2.55. The van der Waals surface area contributed by atoms with Crippen molar-refractivity contribution in [1.29, 1.82) is 0 Å². The fourth-order valence-electron chi connectivity index (χ4n) is 4.48. The fraction of sp³-hybridized carbons (Fsp3) is 0.333. The van der Waals surface area contributed by atoms with Gasteiger partial charge in [0.15, 0.2) is 0 Å². The third kappa shape index (κ3) is 5.28. The summed E-state index contributed by atoms with van der Waals surface area (Å²) < 4.78 is 10.9. The van der Waals surface area contributed by atoms with E-state index in [-0.39, 0.29) is 17.2 Å². The number of hydrogen-bond donors (Lipinski definition) is 2. The Morgan fingerprint density at radius 1 is 1.12 bits per heavy atom. The number of imidazole rings is 1. The van der Waals surface area contributed by atoms with Crippen LogP contribution in [0.3, 0.4) is 0 Å². The Morgan fingerprint density at radius 3 is 2.42 bits per heavy atom. The molecule has 1 aliphatic rings. The standard InChI is InChI=1S/C27H31N3O3/c1-32-23-9-5-7-20(17-23)27(21-8-6-10-24(18-21)33-2)19-22(27)12-13-26(31)30-14-4-3-11-25-28-15-16-29-25/h5-10,12-13,15-18,22H,3-4,11,14,19H2,1-2H3,(H,28,29)(H,30,31)/t22-/m1/s1. The van der Waals surface area contributed by atoms with Crippen molar-refractivity contribution in [2.45, 2.75) is 31.1 Å². The van der Waals surface area contributed by atoms with Crippen molar-refractivity contribution in [2.24, 2.45) is 5.92 Å². The van der Waals surface area contributed by atoms with E-state index < -0.39 is 0 Å². The number of nitrogens with one attached hydrogen (secondary N) is 2. The summed E-state index contributed by atoms with van der Waals surface area (Å²) in [5.41, 5.74) is 2.18. The number of aryl methyl sites for hydroxylation is 1. The second-order valence-corrected chi connectivity index (χ2v) is 8.39. The molecule has 1 atom stereocenters. The molecule has 1 fully saturated rings. The molecule has 2 N–H and O–H groups in total. The van der Waals surface area contributed by atoms with Gasteiger partial charge in [-0.15, -0.1) is 0 Å². The van der Waals surface area contributed by atoms with Gasteiger partial charge in [0.2, 0.25) is 5.91 Å². The summed E-state index contributed by atoms with van der Waals surface area (Å²) in [6.45, 7) is 0.658. The highest BCUT2D eigenvalue weighted by Crippen LogP contribution is 2.60. The van der Waals surface area contributed by atoms with Crippen LogP contribution in [0, 0.1) is 5.92 Å². The second-order valence-electron chi connectivity index (χ2n) is 8.39. The zero-order chi connectivity index (χ0) is 23.1. The average Bonchev–Trinajstić information content (AvgIpc) is 3.37. The maximum absolute atomic E-state index is 12.4. The van der Waals surface area contributed by atoms with E-state index in [9.17, 15) is 4.79 Å². The number of amides is 1. The third-order valence-electron chi connectivity index (χ3n) is 6.36. The first kappa shape index (κ1) is 22.6. The number of methoxy groups -OCH3 is 2. The van der Waals surface area contributed by atoms with Gasteiger partial charge < -0.3 is 19.8 Å². The van der Waals surface area contributed by atoms with Gasteiger partial charge >= 0.3 is 0 Å². The SMILES string of the molecule is COc1cccc(C2(c3cccc(OC)c3)C[C@H]2C=CC(=O)NCCCCc2ncc[nH]2)c1. The van der Waals surface area contributed by atoms with Crippen LogP contribution in [0.25, 0.3) is 0 Å². The zero-order valence-corrected chi connectivity index (χ0v) is 19.2. The minimum Gasteiger partial charge on any atom is -0.497 e. The lowest BCUT2D eigenvalue weighted by Gasteiger charge is -2.20. The lowest BCUT2D eigenvalue weighted by atomic mass is 9.85. The Labute approximate surface area is 195 Å². The molecule has 33 heavy (non-hydrogen) atoms. The van der Waals surface area contributed by atoms with Crippen molar-refractivity contribution in [3.63, 3.8) is 0 Å². The molecule has 0 radical (unpaired) electrons. The molecule has 2 aromatic carbocycles. The molecule has 6 heteroatoms. The van der Waals surface area contributed by atoms with Gasteiger partial charge in [-0.1, -0.05) is 30.3 Å². The van der Waals surface area contributed by atoms with Crippen molar-refractivity contribution in [3.05, 3.63) is 90.0 Å². The molecule has 3 aromatic rings. The van der Waals surface area contributed by atoms with Crippen LogP contribution in [-0.4, -0.2) is 36.6 Å². The van der Waals surface area contributed by atoms with Gasteiger partial charge in [-0.3, -0.25) is 4.79 Å². The molecule has 1 aromatic heterocycles. The molecule has 0 unspecified atom stereocenters. The Balaban J connectivity index is 1.40. The first-order chi connectivity index (χ1) is 16.2. The van der Waals surface area contributed by atoms with Crippen LogP contribution < -0.4 is 14.8 Å². The summed E-state index contributed by atoms with van der Waals surface area (Å²) >= 11 is 0. The van der Waals surface area contributed by atoms with Crippen molar-refractivity contribution in [2.75, 3.05) is 20.8 Å². The Kier molecular flexibility index (Phi) is 7.13. The Hall–Kier alpha value is -3.54. The third-order valence-corrected chi connectivity index (χ3v) is 6.36. The number of allylic oxidation sites excluding steroid dienone is 1. The molecule has 0 bridgehead atoms. The van der Waals surface area contributed by atoms with Gasteiger partial charge in [-0.05, 0) is 66.6 Å². The molecule has 1 amide bonds. The number of aromatic nitrogens is 2. The van der Waals surface area contributed by atoms with E-state index in [0.29, 0.717) is 6.54 Å². The summed E-state index contributed by atoms with van der Waals surface area (Å²) in [4.78, 5) is 19.7. The molecule has 1 heterocycles. The van der Waals surface area contributed by atoms with Crippen LogP contribution in [0.1, 0.15) is 36.2 Å². The maximum atomic E-state index is 12.4. The van der Waals surface area contributed by atoms with Gasteiger partial charge in [0.1, 0.15) is 17.3 Å². The van der Waals surface area contributed by atoms with Gasteiger partial charge in [0, 0.05) is 30.8 Å². The number of benzene rings is 2. The summed E-state index contributed by atoms with van der Waals surface area (Å²) in [6.07, 6.45) is 11.0. The molecule has 1 saturated carbocycles. The first-order valence-corrected chi connectivity index (χ1v) is 11.4. The van der Waals surface area contributed by atoms with E-state index in [1.54, 1.807) is 26.5 Å². The number of hydrogen-bond acceptors (Lipinski definition) is 4. The van der Waals surface area contributed by atoms with E-state index in [0.717, 1.165) is 43.0 Å². The van der Waals surface area contributed by atoms with Crippen molar-refractivity contribution < 1.29 is 14.3 Å². The van der Waals surface area contributed by atoms with E-state index in [1.165, 1.54) is 11.1 Å². The van der Waals surface area contributed by atoms with Crippen LogP contribution >= 0.6 is 0 Å². The summed E-state index contributed by atoms with van der Waals surface area (Å²) in [5.74, 6) is 2.82. The molecular formula is C27H31N3O3. The van der Waals surface area contributed by atoms with Gasteiger partial charge in [0.05, 0.1) is 14.2 Å². The number of ether oxygens (including phenoxy) is 2. The number of aromatic amines is 1. The molecular weight excluding hydrogens is 414 g/mol. The molecule has 0 spiro atoms. The molecule has 172 valence electrons.